The summed E-state index contributed by atoms with van der Waals surface area (Å²) in [6, 6.07) is 20.3. The van der Waals surface area contributed by atoms with Crippen LogP contribution < -0.4 is 9.64 Å². The molecule has 0 spiro atoms. The third-order valence-corrected chi connectivity index (χ3v) is 3.94. The van der Waals surface area contributed by atoms with Gasteiger partial charge < -0.3 is 9.64 Å². The number of rotatable bonds is 4. The lowest BCUT2D eigenvalue weighted by molar-refractivity contribution is 0.434. The van der Waals surface area contributed by atoms with Crippen LogP contribution in [0, 0.1) is 11.3 Å². The van der Waals surface area contributed by atoms with Gasteiger partial charge >= 0.3 is 0 Å². The van der Waals surface area contributed by atoms with Crippen LogP contribution in [-0.2, 0) is 6.42 Å². The van der Waals surface area contributed by atoms with Crippen molar-refractivity contribution in [3.8, 4) is 11.8 Å². The lowest BCUT2D eigenvalue weighted by Gasteiger charge is -2.19. The summed E-state index contributed by atoms with van der Waals surface area (Å²) in [5.41, 5.74) is 2.81. The maximum Gasteiger partial charge on any atom is 0.215 e. The molecule has 0 fully saturated rings. The van der Waals surface area contributed by atoms with E-state index in [2.05, 4.69) is 35.7 Å². The number of ether oxygens (including phenoxy) is 1. The highest BCUT2D eigenvalue weighted by Crippen LogP contribution is 2.39. The topological polar surface area (TPSA) is 36.3 Å². The minimum absolute atomic E-state index is 0.363. The Hall–Kier alpha value is -2.38. The first kappa shape index (κ1) is 14.6. The highest BCUT2D eigenvalue weighted by molar-refractivity contribution is 7.80. The van der Waals surface area contributed by atoms with Crippen molar-refractivity contribution in [1.82, 2.24) is 0 Å². The van der Waals surface area contributed by atoms with Crippen LogP contribution in [0.5, 0.6) is 5.75 Å². The number of hydrogen-bond acceptors (Lipinski definition) is 4. The second-order valence-electron chi connectivity index (χ2n) is 5.01. The van der Waals surface area contributed by atoms with Gasteiger partial charge in [0.1, 0.15) is 6.07 Å². The zero-order valence-electron chi connectivity index (χ0n) is 12.1. The van der Waals surface area contributed by atoms with E-state index in [-0.39, 0.29) is 0 Å². The van der Waals surface area contributed by atoms with E-state index in [1.165, 1.54) is 5.56 Å². The molecule has 1 aliphatic heterocycles. The standard InChI is InChI=1S/C18H16N2OS/c19-12-15(13-22)18-20(11-10-14-6-2-1-3-7-14)16-8-4-5-9-17(16)21-18/h1-9,22H,10-11,13H2/b18-15-. The molecule has 2 aromatic rings. The van der Waals surface area contributed by atoms with Crippen molar-refractivity contribution in [2.45, 2.75) is 6.42 Å². The first-order valence-electron chi connectivity index (χ1n) is 7.16. The number of anilines is 1. The summed E-state index contributed by atoms with van der Waals surface area (Å²) in [6.07, 6.45) is 0.882. The highest BCUT2D eigenvalue weighted by Gasteiger charge is 2.28. The van der Waals surface area contributed by atoms with Gasteiger partial charge in [0.25, 0.3) is 0 Å². The highest BCUT2D eigenvalue weighted by atomic mass is 32.1. The average Bonchev–Trinajstić information content (AvgIpc) is 2.93. The Morgan fingerprint density at radius 2 is 1.82 bits per heavy atom. The lowest BCUT2D eigenvalue weighted by atomic mass is 10.1. The molecule has 0 atom stereocenters. The SMILES string of the molecule is N#C/C(CS)=C1/Oc2ccccc2N1CCc1ccccc1. The summed E-state index contributed by atoms with van der Waals surface area (Å²) in [4.78, 5) is 2.07. The Balaban J connectivity index is 1.90. The van der Waals surface area contributed by atoms with Crippen molar-refractivity contribution >= 4 is 18.3 Å². The molecular weight excluding hydrogens is 292 g/mol. The molecule has 22 heavy (non-hydrogen) atoms. The van der Waals surface area contributed by atoms with Crippen molar-refractivity contribution in [2.75, 3.05) is 17.2 Å². The largest absolute Gasteiger partial charge is 0.438 e. The number of para-hydroxylation sites is 2. The molecule has 4 heteroatoms. The van der Waals surface area contributed by atoms with Crippen molar-refractivity contribution in [3.63, 3.8) is 0 Å². The Kier molecular flexibility index (Phi) is 4.36. The van der Waals surface area contributed by atoms with Crippen LogP contribution in [0.4, 0.5) is 5.69 Å². The van der Waals surface area contributed by atoms with Gasteiger partial charge in [0.15, 0.2) is 5.75 Å². The van der Waals surface area contributed by atoms with E-state index >= 15 is 0 Å². The van der Waals surface area contributed by atoms with Gasteiger partial charge in [-0.2, -0.15) is 17.9 Å². The van der Waals surface area contributed by atoms with Crippen LogP contribution in [-0.4, -0.2) is 12.3 Å². The molecule has 0 aromatic heterocycles. The van der Waals surface area contributed by atoms with Crippen LogP contribution >= 0.6 is 12.6 Å². The molecule has 0 aliphatic carbocycles. The van der Waals surface area contributed by atoms with E-state index in [0.29, 0.717) is 17.2 Å². The fraction of sp³-hybridized carbons (Fsp3) is 0.167. The van der Waals surface area contributed by atoms with Crippen LogP contribution in [0.25, 0.3) is 0 Å². The molecule has 0 saturated heterocycles. The van der Waals surface area contributed by atoms with Gasteiger partial charge in [-0.25, -0.2) is 0 Å². The van der Waals surface area contributed by atoms with Crippen molar-refractivity contribution in [2.24, 2.45) is 0 Å². The number of fused-ring (bicyclic) bond motifs is 1. The lowest BCUT2D eigenvalue weighted by Crippen LogP contribution is -2.24. The predicted octanol–water partition coefficient (Wildman–Crippen LogP) is 3.79. The fourth-order valence-electron chi connectivity index (χ4n) is 2.52. The Bertz CT molecular complexity index is 734. The van der Waals surface area contributed by atoms with E-state index in [1.807, 2.05) is 42.5 Å². The molecular formula is C18H16N2OS. The van der Waals surface area contributed by atoms with Gasteiger partial charge in [0.2, 0.25) is 5.88 Å². The zero-order chi connectivity index (χ0) is 15.4. The molecule has 1 aliphatic rings. The van der Waals surface area contributed by atoms with Gasteiger partial charge in [-0.15, -0.1) is 0 Å². The second kappa shape index (κ2) is 6.59. The Labute approximate surface area is 135 Å². The van der Waals surface area contributed by atoms with E-state index in [1.54, 1.807) is 0 Å². The van der Waals surface area contributed by atoms with Gasteiger partial charge in [0.05, 0.1) is 11.3 Å². The summed E-state index contributed by atoms with van der Waals surface area (Å²) >= 11 is 4.24. The molecule has 110 valence electrons. The third-order valence-electron chi connectivity index (χ3n) is 3.63. The summed E-state index contributed by atoms with van der Waals surface area (Å²) in [7, 11) is 0. The second-order valence-corrected chi connectivity index (χ2v) is 5.33. The molecule has 1 heterocycles. The molecule has 0 saturated carbocycles. The monoisotopic (exact) mass is 308 g/mol. The van der Waals surface area contributed by atoms with Crippen LogP contribution in [0.1, 0.15) is 5.56 Å². The number of hydrogen-bond donors (Lipinski definition) is 1. The minimum atomic E-state index is 0.363. The minimum Gasteiger partial charge on any atom is -0.438 e. The Morgan fingerprint density at radius 3 is 2.55 bits per heavy atom. The van der Waals surface area contributed by atoms with E-state index < -0.39 is 0 Å². The summed E-state index contributed by atoms with van der Waals surface area (Å²) in [5.74, 6) is 1.76. The smallest absolute Gasteiger partial charge is 0.215 e. The molecule has 0 unspecified atom stereocenters. The molecule has 0 N–H and O–H groups in total. The van der Waals surface area contributed by atoms with Gasteiger partial charge in [-0.1, -0.05) is 42.5 Å². The molecule has 0 bridgehead atoms. The number of thiol groups is 1. The summed E-state index contributed by atoms with van der Waals surface area (Å²) < 4.78 is 5.89. The predicted molar refractivity (Wildman–Crippen MR) is 91.1 cm³/mol. The van der Waals surface area contributed by atoms with Crippen LogP contribution in [0.15, 0.2) is 66.1 Å². The maximum atomic E-state index is 9.31. The van der Waals surface area contributed by atoms with Crippen LogP contribution in [0.2, 0.25) is 0 Å². The summed E-state index contributed by atoms with van der Waals surface area (Å²) in [5, 5.41) is 9.31. The first-order valence-corrected chi connectivity index (χ1v) is 7.79. The zero-order valence-corrected chi connectivity index (χ0v) is 13.0. The van der Waals surface area contributed by atoms with Gasteiger partial charge in [0, 0.05) is 12.3 Å². The van der Waals surface area contributed by atoms with Gasteiger partial charge in [-0.3, -0.25) is 0 Å². The average molecular weight is 308 g/mol. The molecule has 3 nitrogen and oxygen atoms in total. The number of nitrogens with zero attached hydrogens (tertiary/aromatic N) is 2. The van der Waals surface area contributed by atoms with Gasteiger partial charge in [-0.05, 0) is 24.1 Å². The van der Waals surface area contributed by atoms with E-state index in [9.17, 15) is 5.26 Å². The molecule has 0 radical (unpaired) electrons. The van der Waals surface area contributed by atoms with E-state index in [0.717, 1.165) is 24.4 Å². The van der Waals surface area contributed by atoms with Crippen LogP contribution in [0.3, 0.4) is 0 Å². The normalized spacial score (nSPS) is 15.0. The quantitative estimate of drug-likeness (QED) is 0.689. The third kappa shape index (κ3) is 2.81. The molecule has 2 aromatic carbocycles. The maximum absolute atomic E-state index is 9.31. The van der Waals surface area contributed by atoms with Crippen molar-refractivity contribution in [1.29, 1.82) is 5.26 Å². The van der Waals surface area contributed by atoms with Crippen molar-refractivity contribution in [3.05, 3.63) is 71.6 Å². The Morgan fingerprint density at radius 1 is 1.09 bits per heavy atom. The number of nitriles is 1. The number of benzene rings is 2. The molecule has 0 amide bonds. The fourth-order valence-corrected chi connectivity index (χ4v) is 2.72. The molecule has 3 rings (SSSR count). The first-order chi connectivity index (χ1) is 10.8. The summed E-state index contributed by atoms with van der Waals surface area (Å²) in [6.45, 7) is 0.759. The van der Waals surface area contributed by atoms with E-state index in [4.69, 9.17) is 4.74 Å². The van der Waals surface area contributed by atoms with Crippen molar-refractivity contribution < 1.29 is 4.74 Å².